The average Bonchev–Trinajstić information content (AvgIpc) is 2.68. The number of rotatable bonds is 7. The minimum absolute atomic E-state index is 0. The second kappa shape index (κ2) is 11.6. The molecule has 0 saturated heterocycles. The molecule has 30 heavy (non-hydrogen) atoms. The number of benzene rings is 2. The summed E-state index contributed by atoms with van der Waals surface area (Å²) in [7, 11) is -0.554. The summed E-state index contributed by atoms with van der Waals surface area (Å²) >= 11 is 0. The molecule has 0 spiro atoms. The molecule has 1 unspecified atom stereocenters. The summed E-state index contributed by atoms with van der Waals surface area (Å²) in [6.45, 7) is 6.41. The van der Waals surface area contributed by atoms with Crippen molar-refractivity contribution in [2.45, 2.75) is 38.3 Å². The van der Waals surface area contributed by atoms with E-state index >= 15 is 0 Å². The molecule has 1 atom stereocenters. The highest BCUT2D eigenvalue weighted by atomic mass is 127. The number of nitrogens with zero attached hydrogens (tertiary/aromatic N) is 2. The maximum atomic E-state index is 13.9. The van der Waals surface area contributed by atoms with Gasteiger partial charge in [0.15, 0.2) is 5.96 Å². The van der Waals surface area contributed by atoms with Crippen LogP contribution in [-0.2, 0) is 16.6 Å². The van der Waals surface area contributed by atoms with E-state index in [1.807, 2.05) is 19.9 Å². The molecule has 0 bridgehead atoms. The first kappa shape index (κ1) is 26.3. The van der Waals surface area contributed by atoms with Crippen molar-refractivity contribution in [1.29, 1.82) is 0 Å². The lowest BCUT2D eigenvalue weighted by Gasteiger charge is -2.19. The standard InChI is InChI=1S/C21H29FN4O2S.HI/c1-6-23-21(25-16(3)17-12-11-15(2)19(22)13-17)24-14-18-9-7-8-10-20(18)29(27,28)26(4)5;/h7-13,16H,6,14H2,1-5H3,(H2,23,24,25);1H. The molecule has 0 aliphatic heterocycles. The number of aryl methyl sites for hydroxylation is 1. The van der Waals surface area contributed by atoms with Crippen LogP contribution in [0.4, 0.5) is 4.39 Å². The van der Waals surface area contributed by atoms with E-state index in [2.05, 4.69) is 15.6 Å². The van der Waals surface area contributed by atoms with Gasteiger partial charge in [-0.1, -0.05) is 30.3 Å². The Morgan fingerprint density at radius 2 is 1.87 bits per heavy atom. The third-order valence-electron chi connectivity index (χ3n) is 4.53. The van der Waals surface area contributed by atoms with E-state index in [-0.39, 0.29) is 47.3 Å². The number of halogens is 2. The molecule has 6 nitrogen and oxygen atoms in total. The molecule has 2 aromatic rings. The van der Waals surface area contributed by atoms with Crippen molar-refractivity contribution in [3.8, 4) is 0 Å². The van der Waals surface area contributed by atoms with Crippen molar-refractivity contribution in [2.75, 3.05) is 20.6 Å². The van der Waals surface area contributed by atoms with E-state index < -0.39 is 10.0 Å². The summed E-state index contributed by atoms with van der Waals surface area (Å²) in [5, 5.41) is 6.39. The van der Waals surface area contributed by atoms with Crippen molar-refractivity contribution in [2.24, 2.45) is 4.99 Å². The molecule has 0 heterocycles. The van der Waals surface area contributed by atoms with E-state index in [0.29, 0.717) is 23.6 Å². The largest absolute Gasteiger partial charge is 0.357 e. The van der Waals surface area contributed by atoms with E-state index in [1.54, 1.807) is 37.3 Å². The number of hydrogen-bond donors (Lipinski definition) is 2. The zero-order chi connectivity index (χ0) is 21.6. The smallest absolute Gasteiger partial charge is 0.242 e. The van der Waals surface area contributed by atoms with Crippen molar-refractivity contribution in [3.05, 3.63) is 65.0 Å². The van der Waals surface area contributed by atoms with Gasteiger partial charge >= 0.3 is 0 Å². The summed E-state index contributed by atoms with van der Waals surface area (Å²) < 4.78 is 40.2. The maximum Gasteiger partial charge on any atom is 0.242 e. The zero-order valence-electron chi connectivity index (χ0n) is 17.9. The van der Waals surface area contributed by atoms with Crippen LogP contribution in [-0.4, -0.2) is 39.3 Å². The summed E-state index contributed by atoms with van der Waals surface area (Å²) in [6, 6.07) is 11.8. The molecule has 0 radical (unpaired) electrons. The van der Waals surface area contributed by atoms with Crippen LogP contribution in [0, 0.1) is 12.7 Å². The first-order chi connectivity index (χ1) is 13.7. The molecule has 0 aromatic heterocycles. The van der Waals surface area contributed by atoms with E-state index in [1.165, 1.54) is 24.5 Å². The normalized spacial score (nSPS) is 13.0. The second-order valence-corrected chi connectivity index (χ2v) is 9.09. The molecule has 0 amide bonds. The number of nitrogens with one attached hydrogen (secondary N) is 2. The highest BCUT2D eigenvalue weighted by Gasteiger charge is 2.20. The minimum Gasteiger partial charge on any atom is -0.357 e. The molecule has 2 rings (SSSR count). The van der Waals surface area contributed by atoms with Crippen molar-refractivity contribution >= 4 is 40.0 Å². The van der Waals surface area contributed by atoms with Crippen LogP contribution in [0.5, 0.6) is 0 Å². The van der Waals surface area contributed by atoms with Crippen LogP contribution >= 0.6 is 24.0 Å². The van der Waals surface area contributed by atoms with Crippen LogP contribution in [0.25, 0.3) is 0 Å². The molecule has 0 aliphatic carbocycles. The number of sulfonamides is 1. The topological polar surface area (TPSA) is 73.8 Å². The first-order valence-electron chi connectivity index (χ1n) is 9.48. The highest BCUT2D eigenvalue weighted by Crippen LogP contribution is 2.20. The van der Waals surface area contributed by atoms with Gasteiger partial charge in [0.25, 0.3) is 0 Å². The molecule has 0 aliphatic rings. The Hall–Kier alpha value is -1.72. The average molecular weight is 548 g/mol. The van der Waals surface area contributed by atoms with Gasteiger partial charge in [-0.3, -0.25) is 0 Å². The van der Waals surface area contributed by atoms with Crippen LogP contribution < -0.4 is 10.6 Å². The monoisotopic (exact) mass is 548 g/mol. The van der Waals surface area contributed by atoms with Gasteiger partial charge in [-0.2, -0.15) is 0 Å². The third-order valence-corrected chi connectivity index (χ3v) is 6.45. The third kappa shape index (κ3) is 6.64. The van der Waals surface area contributed by atoms with Crippen LogP contribution in [0.2, 0.25) is 0 Å². The SMILES string of the molecule is CCNC(=NCc1ccccc1S(=O)(=O)N(C)C)NC(C)c1ccc(C)c(F)c1.I. The number of guanidine groups is 1. The number of hydrogen-bond acceptors (Lipinski definition) is 3. The van der Waals surface area contributed by atoms with Crippen molar-refractivity contribution in [1.82, 2.24) is 14.9 Å². The fraction of sp³-hybridized carbons (Fsp3) is 0.381. The molecule has 9 heteroatoms. The lowest BCUT2D eigenvalue weighted by atomic mass is 10.1. The fourth-order valence-electron chi connectivity index (χ4n) is 2.73. The molecule has 2 N–H and O–H groups in total. The van der Waals surface area contributed by atoms with Crippen LogP contribution in [0.15, 0.2) is 52.4 Å². The van der Waals surface area contributed by atoms with Crippen molar-refractivity contribution in [3.63, 3.8) is 0 Å². The van der Waals surface area contributed by atoms with Gasteiger partial charge in [0, 0.05) is 20.6 Å². The predicted octanol–water partition coefficient (Wildman–Crippen LogP) is 3.82. The highest BCUT2D eigenvalue weighted by molar-refractivity contribution is 14.0. The lowest BCUT2D eigenvalue weighted by Crippen LogP contribution is -2.38. The van der Waals surface area contributed by atoms with Crippen LogP contribution in [0.1, 0.15) is 36.6 Å². The predicted molar refractivity (Wildman–Crippen MR) is 130 cm³/mol. The van der Waals surface area contributed by atoms with Gasteiger partial charge < -0.3 is 10.6 Å². The number of aliphatic imine (C=N–C) groups is 1. The Balaban J connectivity index is 0.00000450. The quantitative estimate of drug-likeness (QED) is 0.314. The summed E-state index contributed by atoms with van der Waals surface area (Å²) in [4.78, 5) is 4.77. The molecular formula is C21H30FIN4O2S. The van der Waals surface area contributed by atoms with E-state index in [0.717, 1.165) is 5.56 Å². The Morgan fingerprint density at radius 3 is 2.47 bits per heavy atom. The minimum atomic E-state index is -3.56. The summed E-state index contributed by atoms with van der Waals surface area (Å²) in [5.74, 6) is 0.277. The molecule has 166 valence electrons. The summed E-state index contributed by atoms with van der Waals surface area (Å²) in [6.07, 6.45) is 0. The Morgan fingerprint density at radius 1 is 1.20 bits per heavy atom. The Labute approximate surface area is 196 Å². The zero-order valence-corrected chi connectivity index (χ0v) is 21.1. The summed E-state index contributed by atoms with van der Waals surface area (Å²) in [5.41, 5.74) is 2.00. The Kier molecular flexibility index (Phi) is 10.2. The molecular weight excluding hydrogens is 518 g/mol. The molecule has 2 aromatic carbocycles. The van der Waals surface area contributed by atoms with E-state index in [9.17, 15) is 12.8 Å². The van der Waals surface area contributed by atoms with Gasteiger partial charge in [-0.25, -0.2) is 22.1 Å². The maximum absolute atomic E-state index is 13.9. The van der Waals surface area contributed by atoms with E-state index in [4.69, 9.17) is 0 Å². The van der Waals surface area contributed by atoms with Gasteiger partial charge in [0.05, 0.1) is 17.5 Å². The second-order valence-electron chi connectivity index (χ2n) is 6.96. The molecule has 0 fully saturated rings. The Bertz CT molecular complexity index is 981. The van der Waals surface area contributed by atoms with Crippen molar-refractivity contribution < 1.29 is 12.8 Å². The first-order valence-corrected chi connectivity index (χ1v) is 10.9. The van der Waals surface area contributed by atoms with Crippen LogP contribution in [0.3, 0.4) is 0 Å². The van der Waals surface area contributed by atoms with Gasteiger partial charge in [-0.05, 0) is 49.6 Å². The van der Waals surface area contributed by atoms with Gasteiger partial charge in [0.1, 0.15) is 5.82 Å². The molecule has 0 saturated carbocycles. The van der Waals surface area contributed by atoms with Gasteiger partial charge in [-0.15, -0.1) is 24.0 Å². The lowest BCUT2D eigenvalue weighted by molar-refractivity contribution is 0.519. The van der Waals surface area contributed by atoms with Gasteiger partial charge in [0.2, 0.25) is 10.0 Å². The fourth-order valence-corrected chi connectivity index (χ4v) is 3.84.